The Kier molecular flexibility index (Phi) is 10.7. The summed E-state index contributed by atoms with van der Waals surface area (Å²) in [5, 5.41) is 15.5. The number of hydrogen-bond donors (Lipinski definition) is 2. The number of aliphatic hydroxyl groups is 1. The van der Waals surface area contributed by atoms with Gasteiger partial charge in [-0.15, -0.1) is 13.2 Å². The number of rotatable bonds is 15. The van der Waals surface area contributed by atoms with Gasteiger partial charge in [0, 0.05) is 18.7 Å². The molecule has 3 saturated heterocycles. The fourth-order valence-corrected chi connectivity index (χ4v) is 8.20. The maximum absolute atomic E-state index is 15.0. The van der Waals surface area contributed by atoms with Crippen LogP contribution in [-0.4, -0.2) is 77.2 Å². The Bertz CT molecular complexity index is 1790. The van der Waals surface area contributed by atoms with Crippen LogP contribution in [0.3, 0.4) is 0 Å². The summed E-state index contributed by atoms with van der Waals surface area (Å²) >= 11 is 0. The number of hydrogen-bond acceptors (Lipinski definition) is 7. The molecule has 3 aromatic carbocycles. The third-order valence-electron chi connectivity index (χ3n) is 10.7. The summed E-state index contributed by atoms with van der Waals surface area (Å²) in [6.07, 6.45) is 3.47. The second-order valence-corrected chi connectivity index (χ2v) is 14.0. The zero-order chi connectivity index (χ0) is 36.3. The minimum absolute atomic E-state index is 0.0448. The van der Waals surface area contributed by atoms with E-state index in [0.29, 0.717) is 30.5 Å². The molecule has 0 radical (unpaired) electrons. The van der Waals surface area contributed by atoms with Gasteiger partial charge in [0.15, 0.2) is 0 Å². The molecule has 268 valence electrons. The van der Waals surface area contributed by atoms with Crippen molar-refractivity contribution in [1.29, 1.82) is 0 Å². The van der Waals surface area contributed by atoms with Crippen molar-refractivity contribution in [3.8, 4) is 0 Å². The maximum atomic E-state index is 15.0. The summed E-state index contributed by atoms with van der Waals surface area (Å²) in [5.74, 6) is -3.76. The smallest absolute Gasteiger partial charge is 0.313 e. The van der Waals surface area contributed by atoms with Crippen LogP contribution in [-0.2, 0) is 28.7 Å². The molecule has 0 saturated carbocycles. The van der Waals surface area contributed by atoms with Crippen LogP contribution in [0.4, 0.5) is 5.69 Å². The van der Waals surface area contributed by atoms with E-state index in [1.807, 2.05) is 86.6 Å². The van der Waals surface area contributed by atoms with E-state index in [9.17, 15) is 19.5 Å². The molecule has 2 N–H and O–H groups in total. The van der Waals surface area contributed by atoms with Crippen LogP contribution in [0, 0.1) is 17.8 Å². The molecule has 7 atom stereocenters. The second kappa shape index (κ2) is 15.2. The lowest BCUT2D eigenvalue weighted by atomic mass is 9.70. The number of benzene rings is 3. The molecule has 10 heteroatoms. The Labute approximate surface area is 299 Å². The number of nitrogens with zero attached hydrogens (tertiary/aromatic N) is 2. The number of esters is 1. The zero-order valence-electron chi connectivity index (χ0n) is 29.3. The minimum Gasteiger partial charge on any atom is -0.455 e. The predicted octanol–water partition coefficient (Wildman–Crippen LogP) is 5.12. The van der Waals surface area contributed by atoms with Crippen molar-refractivity contribution in [3.63, 3.8) is 0 Å². The molecule has 0 unspecified atom stereocenters. The van der Waals surface area contributed by atoms with Gasteiger partial charge in [-0.25, -0.2) is 0 Å². The van der Waals surface area contributed by atoms with E-state index >= 15 is 4.79 Å². The topological polar surface area (TPSA) is 125 Å². The Morgan fingerprint density at radius 1 is 1.06 bits per heavy atom. The SMILES string of the molecule is C=CCCC(=O)NC[C@@H](OC(=O)[C@@H]1[C@@H]2CC[C@]3(O2)[C@H](C(=O)N(CC=C)c2ccc4ccccc4c2)N([C@@H](CO)C(C)C)C(=O)[C@@H]13)c1ccccc1. The van der Waals surface area contributed by atoms with Crippen LogP contribution in [0.5, 0.6) is 0 Å². The molecule has 10 nitrogen and oxygen atoms in total. The van der Waals surface area contributed by atoms with E-state index < -0.39 is 53.6 Å². The molecule has 2 bridgehead atoms. The van der Waals surface area contributed by atoms with Crippen LogP contribution in [0.15, 0.2) is 98.1 Å². The van der Waals surface area contributed by atoms with E-state index in [1.54, 1.807) is 17.1 Å². The van der Waals surface area contributed by atoms with E-state index in [1.165, 1.54) is 4.90 Å². The van der Waals surface area contributed by atoms with Crippen LogP contribution >= 0.6 is 0 Å². The molecule has 3 aliphatic heterocycles. The van der Waals surface area contributed by atoms with Gasteiger partial charge in [0.05, 0.1) is 37.1 Å². The Hall–Kier alpha value is -4.80. The van der Waals surface area contributed by atoms with Gasteiger partial charge in [-0.05, 0) is 53.6 Å². The van der Waals surface area contributed by atoms with Gasteiger partial charge in [0.2, 0.25) is 11.8 Å². The number of fused-ring (bicyclic) bond motifs is 2. The first-order valence-corrected chi connectivity index (χ1v) is 17.8. The van der Waals surface area contributed by atoms with Gasteiger partial charge < -0.3 is 29.7 Å². The Morgan fingerprint density at radius 2 is 1.78 bits per heavy atom. The lowest BCUT2D eigenvalue weighted by Gasteiger charge is -2.40. The number of aliphatic hydroxyl groups excluding tert-OH is 1. The molecule has 3 aliphatic rings. The molecule has 0 aliphatic carbocycles. The third kappa shape index (κ3) is 6.70. The van der Waals surface area contributed by atoms with E-state index in [0.717, 1.165) is 10.8 Å². The second-order valence-electron chi connectivity index (χ2n) is 14.0. The van der Waals surface area contributed by atoms with Gasteiger partial charge in [0.25, 0.3) is 5.91 Å². The summed E-state index contributed by atoms with van der Waals surface area (Å²) in [4.78, 5) is 59.7. The molecule has 3 amide bonds. The summed E-state index contributed by atoms with van der Waals surface area (Å²) in [6.45, 7) is 11.2. The molecule has 3 aromatic rings. The first-order chi connectivity index (χ1) is 24.6. The summed E-state index contributed by atoms with van der Waals surface area (Å²) in [7, 11) is 0. The molecule has 0 aromatic heterocycles. The maximum Gasteiger partial charge on any atom is 0.313 e. The lowest BCUT2D eigenvalue weighted by Crippen LogP contribution is -2.59. The average molecular weight is 694 g/mol. The highest BCUT2D eigenvalue weighted by Gasteiger charge is 2.76. The number of anilines is 1. The number of ether oxygens (including phenoxy) is 2. The molecule has 3 heterocycles. The monoisotopic (exact) mass is 693 g/mol. The van der Waals surface area contributed by atoms with E-state index in [4.69, 9.17) is 9.47 Å². The number of amides is 3. The van der Waals surface area contributed by atoms with Crippen molar-refractivity contribution in [2.45, 2.75) is 69.4 Å². The van der Waals surface area contributed by atoms with Crippen molar-refractivity contribution in [1.82, 2.24) is 10.2 Å². The normalized spacial score (nSPS) is 24.6. The standard InChI is InChI=1S/C41H47N3O7/c1-5-7-17-34(46)42-24-33(28-14-9-8-10-15-28)50-40(49)35-32-20-21-41(51-32)36(35)38(47)44(31(25-45)26(3)4)37(41)39(48)43(22-6-2)30-19-18-27-13-11-12-16-29(27)23-30/h5-6,8-16,18-19,23,26,31-33,35-37,45H,1-2,7,17,20-22,24-25H2,3-4H3,(H,42,46)/t31-,32-,33+,35+,36+,37-,41+/m0/s1. The number of allylic oxidation sites excluding steroid dienone is 1. The van der Waals surface area contributed by atoms with Crippen LogP contribution in [0.1, 0.15) is 51.2 Å². The van der Waals surface area contributed by atoms with Crippen molar-refractivity contribution >= 4 is 40.2 Å². The number of carbonyl (C=O) groups is 4. The first-order valence-electron chi connectivity index (χ1n) is 17.8. The molecule has 51 heavy (non-hydrogen) atoms. The fraction of sp³-hybridized carbons (Fsp3) is 0.415. The highest BCUT2D eigenvalue weighted by molar-refractivity contribution is 6.05. The van der Waals surface area contributed by atoms with Crippen molar-refractivity contribution in [3.05, 3.63) is 104 Å². The fourth-order valence-electron chi connectivity index (χ4n) is 8.20. The molecule has 1 spiro atoms. The highest BCUT2D eigenvalue weighted by atomic mass is 16.6. The quantitative estimate of drug-likeness (QED) is 0.167. The van der Waals surface area contributed by atoms with Gasteiger partial charge in [-0.1, -0.05) is 86.7 Å². The summed E-state index contributed by atoms with van der Waals surface area (Å²) < 4.78 is 12.9. The Balaban J connectivity index is 1.35. The van der Waals surface area contributed by atoms with Crippen molar-refractivity contribution in [2.24, 2.45) is 17.8 Å². The average Bonchev–Trinajstić information content (AvgIpc) is 3.79. The lowest BCUT2D eigenvalue weighted by molar-refractivity contribution is -0.161. The molecular formula is C41H47N3O7. The van der Waals surface area contributed by atoms with Gasteiger partial charge in [-0.3, -0.25) is 19.2 Å². The van der Waals surface area contributed by atoms with Gasteiger partial charge in [-0.2, -0.15) is 0 Å². The molecule has 6 rings (SSSR count). The number of likely N-dealkylation sites (tertiary alicyclic amines) is 1. The summed E-state index contributed by atoms with van der Waals surface area (Å²) in [5.41, 5.74) is 0.0272. The zero-order valence-corrected chi connectivity index (χ0v) is 29.3. The van der Waals surface area contributed by atoms with Crippen LogP contribution < -0.4 is 10.2 Å². The predicted molar refractivity (Wildman–Crippen MR) is 194 cm³/mol. The molecular weight excluding hydrogens is 646 g/mol. The van der Waals surface area contributed by atoms with Gasteiger partial charge in [0.1, 0.15) is 17.7 Å². The third-order valence-corrected chi connectivity index (χ3v) is 10.7. The minimum atomic E-state index is -1.30. The first kappa shape index (κ1) is 36.0. The van der Waals surface area contributed by atoms with Crippen molar-refractivity contribution < 1.29 is 33.8 Å². The highest BCUT2D eigenvalue weighted by Crippen LogP contribution is 2.59. The van der Waals surface area contributed by atoms with E-state index in [-0.39, 0.29) is 43.8 Å². The van der Waals surface area contributed by atoms with Crippen LogP contribution in [0.25, 0.3) is 10.8 Å². The van der Waals surface area contributed by atoms with Crippen molar-refractivity contribution in [2.75, 3.05) is 24.6 Å². The number of nitrogens with one attached hydrogen (secondary N) is 1. The van der Waals surface area contributed by atoms with Crippen LogP contribution in [0.2, 0.25) is 0 Å². The van der Waals surface area contributed by atoms with E-state index in [2.05, 4.69) is 18.5 Å². The molecule has 3 fully saturated rings. The number of carbonyl (C=O) groups excluding carboxylic acids is 4. The largest absolute Gasteiger partial charge is 0.455 e. The Morgan fingerprint density at radius 3 is 2.47 bits per heavy atom. The summed E-state index contributed by atoms with van der Waals surface area (Å²) in [6, 6.07) is 21.0. The van der Waals surface area contributed by atoms with Gasteiger partial charge >= 0.3 is 5.97 Å².